The first-order chi connectivity index (χ1) is 15.0. The Balaban J connectivity index is 1.58. The maximum atomic E-state index is 13.0. The van der Waals surface area contributed by atoms with E-state index in [0.717, 1.165) is 27.7 Å². The molecule has 158 valence electrons. The fourth-order valence-electron chi connectivity index (χ4n) is 3.52. The molecule has 1 amide bonds. The van der Waals surface area contributed by atoms with Crippen molar-refractivity contribution in [2.45, 2.75) is 20.0 Å². The summed E-state index contributed by atoms with van der Waals surface area (Å²) in [6.07, 6.45) is 1.76. The molecule has 0 aliphatic heterocycles. The van der Waals surface area contributed by atoms with Crippen LogP contribution in [0.25, 0.3) is 10.9 Å². The van der Waals surface area contributed by atoms with E-state index in [4.69, 9.17) is 0 Å². The summed E-state index contributed by atoms with van der Waals surface area (Å²) < 4.78 is 0. The van der Waals surface area contributed by atoms with Crippen LogP contribution in [0.2, 0.25) is 0 Å². The summed E-state index contributed by atoms with van der Waals surface area (Å²) in [5, 5.41) is 7.12. The number of H-pyrrole nitrogens is 1. The van der Waals surface area contributed by atoms with Gasteiger partial charge in [-0.2, -0.15) is 4.98 Å². The summed E-state index contributed by atoms with van der Waals surface area (Å²) in [5.74, 6) is 0.741. The Morgan fingerprint density at radius 1 is 1.10 bits per heavy atom. The first-order valence-electron chi connectivity index (χ1n) is 10.2. The maximum absolute atomic E-state index is 13.0. The number of carbonyl (C=O) groups excluding carboxylic acids is 1. The van der Waals surface area contributed by atoms with Gasteiger partial charge in [0.1, 0.15) is 5.82 Å². The lowest BCUT2D eigenvalue weighted by Crippen LogP contribution is -2.18. The lowest BCUT2D eigenvalue weighted by atomic mass is 10.1. The van der Waals surface area contributed by atoms with Crippen molar-refractivity contribution in [2.24, 2.45) is 0 Å². The minimum Gasteiger partial charge on any atom is -0.366 e. The van der Waals surface area contributed by atoms with Crippen molar-refractivity contribution in [3.05, 3.63) is 83.2 Å². The third kappa shape index (κ3) is 4.90. The molecule has 3 N–H and O–H groups in total. The van der Waals surface area contributed by atoms with Crippen LogP contribution in [0.3, 0.4) is 0 Å². The summed E-state index contributed by atoms with van der Waals surface area (Å²) in [6, 6.07) is 17.7. The zero-order chi connectivity index (χ0) is 21.8. The predicted molar refractivity (Wildman–Crippen MR) is 124 cm³/mol. The molecule has 0 saturated heterocycles. The van der Waals surface area contributed by atoms with Crippen LogP contribution >= 0.6 is 0 Å². The molecule has 7 nitrogen and oxygen atoms in total. The predicted octanol–water partition coefficient (Wildman–Crippen LogP) is 4.19. The number of amides is 1. The Morgan fingerprint density at radius 2 is 1.90 bits per heavy atom. The van der Waals surface area contributed by atoms with Crippen LogP contribution in [0.15, 0.2) is 60.8 Å². The molecule has 0 aliphatic rings. The fourth-order valence-corrected chi connectivity index (χ4v) is 3.52. The second-order valence-corrected chi connectivity index (χ2v) is 7.82. The van der Waals surface area contributed by atoms with Gasteiger partial charge in [-0.05, 0) is 44.8 Å². The van der Waals surface area contributed by atoms with Crippen LogP contribution in [0, 0.1) is 6.92 Å². The lowest BCUT2D eigenvalue weighted by molar-refractivity contribution is 0.102. The van der Waals surface area contributed by atoms with Gasteiger partial charge < -0.3 is 15.2 Å². The minimum atomic E-state index is -0.237. The van der Waals surface area contributed by atoms with Crippen LogP contribution in [0.1, 0.15) is 27.2 Å². The SMILES string of the molecule is Cc1cc2c(C(=O)Nc3ncc(CN(C)C)c(NCc4ccccc4)n3)cccc2[nH]1. The molecule has 7 heteroatoms. The van der Waals surface area contributed by atoms with Crippen LogP contribution in [0.4, 0.5) is 11.8 Å². The molecule has 4 rings (SSSR count). The average molecular weight is 415 g/mol. The molecular formula is C24H26N6O. The average Bonchev–Trinajstić information content (AvgIpc) is 3.14. The molecule has 0 aliphatic carbocycles. The van der Waals surface area contributed by atoms with Gasteiger partial charge in [0, 0.05) is 47.0 Å². The van der Waals surface area contributed by atoms with Gasteiger partial charge in [-0.3, -0.25) is 10.1 Å². The van der Waals surface area contributed by atoms with Crippen LogP contribution in [0.5, 0.6) is 0 Å². The number of rotatable bonds is 7. The van der Waals surface area contributed by atoms with Crippen LogP contribution in [-0.4, -0.2) is 39.9 Å². The standard InChI is InChI=1S/C24H26N6O/c1-16-12-20-19(10-7-11-21(20)27-16)23(31)29-24-26-14-18(15-30(2)3)22(28-24)25-13-17-8-5-4-6-9-17/h4-12,14,27H,13,15H2,1-3H3,(H2,25,26,28,29,31). The van der Waals surface area contributed by atoms with Gasteiger partial charge in [-0.15, -0.1) is 0 Å². The molecule has 2 heterocycles. The number of carbonyl (C=O) groups is 1. The molecule has 0 spiro atoms. The highest BCUT2D eigenvalue weighted by molar-refractivity contribution is 6.12. The number of benzene rings is 2. The van der Waals surface area contributed by atoms with Crippen molar-refractivity contribution in [1.82, 2.24) is 19.9 Å². The summed E-state index contributed by atoms with van der Waals surface area (Å²) in [6.45, 7) is 3.29. The third-order valence-corrected chi connectivity index (χ3v) is 4.92. The van der Waals surface area contributed by atoms with Crippen LogP contribution < -0.4 is 10.6 Å². The number of anilines is 2. The number of nitrogens with one attached hydrogen (secondary N) is 3. The molecule has 0 atom stereocenters. The highest BCUT2D eigenvalue weighted by Gasteiger charge is 2.15. The summed E-state index contributed by atoms with van der Waals surface area (Å²) >= 11 is 0. The second kappa shape index (κ2) is 8.97. The Labute approximate surface area is 181 Å². The van der Waals surface area contributed by atoms with E-state index in [9.17, 15) is 4.79 Å². The molecule has 31 heavy (non-hydrogen) atoms. The number of hydrogen-bond acceptors (Lipinski definition) is 5. The lowest BCUT2D eigenvalue weighted by Gasteiger charge is -2.16. The molecule has 4 aromatic rings. The zero-order valence-electron chi connectivity index (χ0n) is 17.9. The Kier molecular flexibility index (Phi) is 5.95. The van der Waals surface area contributed by atoms with Gasteiger partial charge in [-0.1, -0.05) is 36.4 Å². The van der Waals surface area contributed by atoms with Crippen LogP contribution in [-0.2, 0) is 13.1 Å². The zero-order valence-corrected chi connectivity index (χ0v) is 17.9. The number of nitrogens with zero attached hydrogens (tertiary/aromatic N) is 3. The van der Waals surface area contributed by atoms with E-state index in [1.165, 1.54) is 0 Å². The van der Waals surface area contributed by atoms with E-state index in [1.54, 1.807) is 12.3 Å². The largest absolute Gasteiger partial charge is 0.366 e. The molecule has 0 unspecified atom stereocenters. The topological polar surface area (TPSA) is 85.9 Å². The van der Waals surface area contributed by atoms with Crippen molar-refractivity contribution in [3.63, 3.8) is 0 Å². The van der Waals surface area contributed by atoms with E-state index in [0.29, 0.717) is 24.5 Å². The van der Waals surface area contributed by atoms with Crippen molar-refractivity contribution >= 4 is 28.6 Å². The molecular weight excluding hydrogens is 388 g/mol. The van der Waals surface area contributed by atoms with E-state index in [1.807, 2.05) is 57.4 Å². The number of aromatic nitrogens is 3. The number of aromatic amines is 1. The Hall–Kier alpha value is -3.71. The quantitative estimate of drug-likeness (QED) is 0.422. The van der Waals surface area contributed by atoms with E-state index < -0.39 is 0 Å². The Morgan fingerprint density at radius 3 is 2.68 bits per heavy atom. The smallest absolute Gasteiger partial charge is 0.258 e. The molecule has 2 aromatic heterocycles. The highest BCUT2D eigenvalue weighted by atomic mass is 16.1. The van der Waals surface area contributed by atoms with E-state index >= 15 is 0 Å². The summed E-state index contributed by atoms with van der Waals surface area (Å²) in [5.41, 5.74) is 4.63. The van der Waals surface area contributed by atoms with Gasteiger partial charge in [0.25, 0.3) is 5.91 Å². The molecule has 0 fully saturated rings. The highest BCUT2D eigenvalue weighted by Crippen LogP contribution is 2.21. The minimum absolute atomic E-state index is 0.237. The van der Waals surface area contributed by atoms with E-state index in [2.05, 4.69) is 42.6 Å². The fraction of sp³-hybridized carbons (Fsp3) is 0.208. The van der Waals surface area contributed by atoms with Gasteiger partial charge in [0.2, 0.25) is 5.95 Å². The second-order valence-electron chi connectivity index (χ2n) is 7.82. The van der Waals surface area contributed by atoms with Gasteiger partial charge in [0.05, 0.1) is 0 Å². The Bertz CT molecular complexity index is 1200. The van der Waals surface area contributed by atoms with Gasteiger partial charge >= 0.3 is 0 Å². The monoisotopic (exact) mass is 414 g/mol. The van der Waals surface area contributed by atoms with Crippen molar-refractivity contribution < 1.29 is 4.79 Å². The van der Waals surface area contributed by atoms with Gasteiger partial charge in [-0.25, -0.2) is 4.98 Å². The molecule has 0 radical (unpaired) electrons. The van der Waals surface area contributed by atoms with E-state index in [-0.39, 0.29) is 11.9 Å². The first-order valence-corrected chi connectivity index (χ1v) is 10.2. The summed E-state index contributed by atoms with van der Waals surface area (Å²) in [4.78, 5) is 27.3. The van der Waals surface area contributed by atoms with Crippen molar-refractivity contribution in [2.75, 3.05) is 24.7 Å². The number of fused-ring (bicyclic) bond motifs is 1. The molecule has 2 aromatic carbocycles. The molecule has 0 bridgehead atoms. The normalized spacial score (nSPS) is 11.1. The maximum Gasteiger partial charge on any atom is 0.258 e. The number of hydrogen-bond donors (Lipinski definition) is 3. The van der Waals surface area contributed by atoms with Crippen molar-refractivity contribution in [3.8, 4) is 0 Å². The summed E-state index contributed by atoms with van der Waals surface area (Å²) in [7, 11) is 3.99. The van der Waals surface area contributed by atoms with Gasteiger partial charge in [0.15, 0.2) is 0 Å². The molecule has 0 saturated carbocycles. The number of aryl methyl sites for hydroxylation is 1. The first kappa shape index (κ1) is 20.6. The van der Waals surface area contributed by atoms with Crippen molar-refractivity contribution in [1.29, 1.82) is 0 Å². The third-order valence-electron chi connectivity index (χ3n) is 4.92.